The largest absolute Gasteiger partial charge is 0.506 e. The summed E-state index contributed by atoms with van der Waals surface area (Å²) in [6.45, 7) is 12.7. The minimum atomic E-state index is -2.18. The molecule has 1 heterocycles. The number of benzene rings is 4. The Hall–Kier alpha value is -5.16. The number of amides is 1. The van der Waals surface area contributed by atoms with E-state index >= 15 is 0 Å². The highest BCUT2D eigenvalue weighted by molar-refractivity contribution is 6.74. The predicted octanol–water partition coefficient (Wildman–Crippen LogP) is 9.33. The van der Waals surface area contributed by atoms with Gasteiger partial charge in [0.05, 0.1) is 23.9 Å². The molecule has 0 saturated carbocycles. The van der Waals surface area contributed by atoms with Crippen LogP contribution in [-0.2, 0) is 11.0 Å². The second-order valence-corrected chi connectivity index (χ2v) is 18.8. The van der Waals surface area contributed by atoms with Crippen LogP contribution in [0.2, 0.25) is 18.1 Å². The van der Waals surface area contributed by atoms with Crippen LogP contribution in [-0.4, -0.2) is 42.8 Å². The number of hydrogen-bond donors (Lipinski definition) is 5. The van der Waals surface area contributed by atoms with Gasteiger partial charge in [-0.25, -0.2) is 4.79 Å². The molecular weight excluding hydrogens is 659 g/mol. The third-order valence-corrected chi connectivity index (χ3v) is 13.8. The molecule has 1 aromatic heterocycles. The van der Waals surface area contributed by atoms with Gasteiger partial charge in [-0.3, -0.25) is 10.1 Å². The Bertz CT molecular complexity index is 2040. The van der Waals surface area contributed by atoms with Crippen molar-refractivity contribution in [3.8, 4) is 22.6 Å². The van der Waals surface area contributed by atoms with Gasteiger partial charge in [-0.15, -0.1) is 0 Å². The number of aromatic hydroxyl groups is 1. The quantitative estimate of drug-likeness (QED) is 0.0575. The Morgan fingerprint density at radius 3 is 2.41 bits per heavy atom. The van der Waals surface area contributed by atoms with Crippen molar-refractivity contribution in [1.29, 1.82) is 0 Å². The maximum Gasteiger partial charge on any atom is 0.409 e. The standard InChI is InChI=1S/C41H47N3O6Si/c1-41(2,3)51(4,5)50-37(32-19-22-36(45)39-33(32)20-23-38(46)44-39)27-42-26-29-14-17-31(18-15-29)49-24-10-9-11-28-16-21-35(43-40(47)48)34(25-28)30-12-7-6-8-13-30/h6-9,11-23,25,37,42-43,45H,10,24,26-27H2,1-5H3,(H,44,46)(H,47,48)/b11-9+. The first-order valence-electron chi connectivity index (χ1n) is 17.1. The number of anilines is 1. The van der Waals surface area contributed by atoms with Crippen molar-refractivity contribution in [1.82, 2.24) is 10.3 Å². The van der Waals surface area contributed by atoms with Crippen LogP contribution in [0.15, 0.2) is 108 Å². The van der Waals surface area contributed by atoms with Crippen LogP contribution in [0.4, 0.5) is 10.5 Å². The van der Waals surface area contributed by atoms with Gasteiger partial charge in [-0.2, -0.15) is 0 Å². The van der Waals surface area contributed by atoms with Gasteiger partial charge in [-0.1, -0.05) is 87.5 Å². The second-order valence-electron chi connectivity index (χ2n) is 14.1. The summed E-state index contributed by atoms with van der Waals surface area (Å²) in [5.74, 6) is 0.814. The number of hydrogen-bond acceptors (Lipinski definition) is 6. The average Bonchev–Trinajstić information content (AvgIpc) is 3.09. The SMILES string of the molecule is CC(C)(C)[Si](C)(C)OC(CNCc1ccc(OCC/C=C/c2ccc(NC(=O)O)c(-c3ccccc3)c2)cc1)c1ccc(O)c2[nH]c(=O)ccc12. The molecule has 51 heavy (non-hydrogen) atoms. The summed E-state index contributed by atoms with van der Waals surface area (Å²) in [4.78, 5) is 26.1. The number of nitrogens with one attached hydrogen (secondary N) is 3. The number of ether oxygens (including phenoxy) is 1. The van der Waals surface area contributed by atoms with Gasteiger partial charge < -0.3 is 29.7 Å². The van der Waals surface area contributed by atoms with Crippen molar-refractivity contribution in [3.63, 3.8) is 0 Å². The summed E-state index contributed by atoms with van der Waals surface area (Å²) in [5.41, 5.74) is 5.41. The van der Waals surface area contributed by atoms with Gasteiger partial charge in [0.2, 0.25) is 5.56 Å². The van der Waals surface area contributed by atoms with E-state index in [1.54, 1.807) is 18.2 Å². The van der Waals surface area contributed by atoms with Gasteiger partial charge in [0.1, 0.15) is 11.5 Å². The van der Waals surface area contributed by atoms with Crippen LogP contribution in [0, 0.1) is 0 Å². The number of carboxylic acid groups (broad SMARTS) is 1. The van der Waals surface area contributed by atoms with Crippen LogP contribution in [0.3, 0.4) is 0 Å². The van der Waals surface area contributed by atoms with E-state index in [0.29, 0.717) is 37.3 Å². The summed E-state index contributed by atoms with van der Waals surface area (Å²) < 4.78 is 12.9. The molecule has 5 N–H and O–H groups in total. The van der Waals surface area contributed by atoms with Gasteiger partial charge >= 0.3 is 6.09 Å². The molecule has 266 valence electrons. The number of rotatable bonds is 14. The van der Waals surface area contributed by atoms with Gasteiger partial charge in [0, 0.05) is 30.1 Å². The Morgan fingerprint density at radius 1 is 0.961 bits per heavy atom. The first-order valence-corrected chi connectivity index (χ1v) is 20.0. The Labute approximate surface area is 300 Å². The number of phenols is 1. The Balaban J connectivity index is 1.17. The highest BCUT2D eigenvalue weighted by atomic mass is 28.4. The number of H-pyrrole nitrogens is 1. The molecule has 5 rings (SSSR count). The molecule has 4 aromatic carbocycles. The van der Waals surface area contributed by atoms with E-state index in [0.717, 1.165) is 39.0 Å². The van der Waals surface area contributed by atoms with E-state index in [9.17, 15) is 19.8 Å². The maximum absolute atomic E-state index is 12.0. The average molecular weight is 706 g/mol. The van der Waals surface area contributed by atoms with Crippen LogP contribution < -0.4 is 20.9 Å². The molecule has 0 aliphatic rings. The molecule has 0 aliphatic carbocycles. The molecule has 1 amide bonds. The highest BCUT2D eigenvalue weighted by Crippen LogP contribution is 2.41. The summed E-state index contributed by atoms with van der Waals surface area (Å²) in [6.07, 6.45) is 3.37. The lowest BCUT2D eigenvalue weighted by Gasteiger charge is -2.39. The molecule has 1 unspecified atom stereocenters. The number of pyridine rings is 1. The van der Waals surface area contributed by atoms with Crippen molar-refractivity contribution in [3.05, 3.63) is 130 Å². The van der Waals surface area contributed by atoms with E-state index in [4.69, 9.17) is 9.16 Å². The number of fused-ring (bicyclic) bond motifs is 1. The third-order valence-electron chi connectivity index (χ3n) is 9.31. The molecule has 0 aliphatic heterocycles. The van der Waals surface area contributed by atoms with Gasteiger partial charge in [-0.05, 0) is 83.2 Å². The van der Waals surface area contributed by atoms with Crippen molar-refractivity contribution in [2.24, 2.45) is 0 Å². The Kier molecular flexibility index (Phi) is 11.8. The number of phenolic OH excluding ortho intramolecular Hbond substituents is 1. The summed E-state index contributed by atoms with van der Waals surface area (Å²) in [5, 5.41) is 26.5. The zero-order valence-corrected chi connectivity index (χ0v) is 30.8. The molecule has 5 aromatic rings. The normalized spacial score (nSPS) is 12.6. The smallest absolute Gasteiger partial charge is 0.409 e. The van der Waals surface area contributed by atoms with E-state index in [1.165, 1.54) is 6.07 Å². The van der Waals surface area contributed by atoms with Crippen molar-refractivity contribution in [2.75, 3.05) is 18.5 Å². The van der Waals surface area contributed by atoms with Crippen molar-refractivity contribution < 1.29 is 24.2 Å². The lowest BCUT2D eigenvalue weighted by molar-refractivity contribution is 0.181. The Morgan fingerprint density at radius 2 is 1.71 bits per heavy atom. The molecule has 0 bridgehead atoms. The molecule has 9 nitrogen and oxygen atoms in total. The molecule has 1 atom stereocenters. The fourth-order valence-corrected chi connectivity index (χ4v) is 6.82. The van der Waals surface area contributed by atoms with Crippen molar-refractivity contribution in [2.45, 2.75) is 58.0 Å². The minimum Gasteiger partial charge on any atom is -0.506 e. The minimum absolute atomic E-state index is 0.00351. The maximum atomic E-state index is 12.0. The zero-order valence-electron chi connectivity index (χ0n) is 29.8. The number of carbonyl (C=O) groups is 1. The van der Waals surface area contributed by atoms with E-state index in [1.807, 2.05) is 84.9 Å². The predicted molar refractivity (Wildman–Crippen MR) is 208 cm³/mol. The topological polar surface area (TPSA) is 133 Å². The molecular formula is C41H47N3O6Si. The van der Waals surface area contributed by atoms with Crippen LogP contribution in [0.25, 0.3) is 28.1 Å². The highest BCUT2D eigenvalue weighted by Gasteiger charge is 2.39. The van der Waals surface area contributed by atoms with E-state index in [-0.39, 0.29) is 22.5 Å². The molecule has 0 saturated heterocycles. The summed E-state index contributed by atoms with van der Waals surface area (Å²) in [7, 11) is -2.18. The second kappa shape index (κ2) is 16.2. The first kappa shape index (κ1) is 37.1. The van der Waals surface area contributed by atoms with Gasteiger partial charge in [0.15, 0.2) is 8.32 Å². The van der Waals surface area contributed by atoms with Crippen LogP contribution in [0.1, 0.15) is 50.0 Å². The van der Waals surface area contributed by atoms with Crippen molar-refractivity contribution >= 4 is 37.1 Å². The van der Waals surface area contributed by atoms with Gasteiger partial charge in [0.25, 0.3) is 0 Å². The third kappa shape index (κ3) is 9.76. The monoisotopic (exact) mass is 705 g/mol. The first-order chi connectivity index (χ1) is 24.3. The van der Waals surface area contributed by atoms with Crippen LogP contribution >= 0.6 is 0 Å². The van der Waals surface area contributed by atoms with E-state index < -0.39 is 14.4 Å². The summed E-state index contributed by atoms with van der Waals surface area (Å²) in [6, 6.07) is 30.1. The fourth-order valence-electron chi connectivity index (χ4n) is 5.55. The summed E-state index contributed by atoms with van der Waals surface area (Å²) >= 11 is 0. The molecule has 0 spiro atoms. The lowest BCUT2D eigenvalue weighted by Crippen LogP contribution is -2.43. The zero-order chi connectivity index (χ0) is 36.6. The number of aromatic nitrogens is 1. The molecule has 0 radical (unpaired) electrons. The molecule has 10 heteroatoms. The van der Waals surface area contributed by atoms with Crippen LogP contribution in [0.5, 0.6) is 11.5 Å². The molecule has 0 fully saturated rings. The van der Waals surface area contributed by atoms with E-state index in [2.05, 4.69) is 49.5 Å². The lowest BCUT2D eigenvalue weighted by atomic mass is 10.0. The fraction of sp³-hybridized carbons (Fsp3) is 0.268. The number of aromatic amines is 1.